The van der Waals surface area contributed by atoms with Crippen molar-refractivity contribution in [2.75, 3.05) is 18.6 Å². The molecule has 2 nitrogen and oxygen atoms in total. The Morgan fingerprint density at radius 2 is 2.22 bits per heavy atom. The van der Waals surface area contributed by atoms with E-state index in [-0.39, 0.29) is 0 Å². The van der Waals surface area contributed by atoms with Crippen molar-refractivity contribution in [3.05, 3.63) is 0 Å². The van der Waals surface area contributed by atoms with Gasteiger partial charge in [-0.2, -0.15) is 0 Å². The minimum Gasteiger partial charge on any atom is -0.297 e. The van der Waals surface area contributed by atoms with Gasteiger partial charge in [0.1, 0.15) is 0 Å². The Hall–Kier alpha value is -0.180. The number of rotatable bonds is 3. The van der Waals surface area contributed by atoms with Crippen LogP contribution in [0.3, 0.4) is 0 Å². The Balaban J connectivity index is 3.60. The van der Waals surface area contributed by atoms with Crippen LogP contribution in [-0.2, 0) is 10.8 Å². The summed E-state index contributed by atoms with van der Waals surface area (Å²) in [5.74, 6) is 1.36. The maximum absolute atomic E-state index is 10.8. The zero-order valence-corrected chi connectivity index (χ0v) is 6.99. The molecule has 0 spiro atoms. The second kappa shape index (κ2) is 4.68. The fraction of sp³-hybridized carbons (Fsp3) is 0.833. The van der Waals surface area contributed by atoms with E-state index < -0.39 is 10.8 Å². The highest BCUT2D eigenvalue weighted by Crippen LogP contribution is 1.83. The van der Waals surface area contributed by atoms with E-state index in [4.69, 9.17) is 0 Å². The average molecular weight is 147 g/mol. The van der Waals surface area contributed by atoms with Crippen molar-refractivity contribution >= 4 is 16.5 Å². The zero-order valence-electron chi connectivity index (χ0n) is 6.18. The fourth-order valence-corrected chi connectivity index (χ4v) is 1.20. The van der Waals surface area contributed by atoms with E-state index in [1.165, 1.54) is 0 Å². The lowest BCUT2D eigenvalue weighted by molar-refractivity contribution is 0.686. The van der Waals surface area contributed by atoms with Gasteiger partial charge in [-0.1, -0.05) is 6.92 Å². The van der Waals surface area contributed by atoms with Crippen LogP contribution in [0.5, 0.6) is 0 Å². The van der Waals surface area contributed by atoms with E-state index in [0.29, 0.717) is 5.75 Å². The largest absolute Gasteiger partial charge is 0.297 e. The summed E-state index contributed by atoms with van der Waals surface area (Å²) in [5, 5.41) is 0. The summed E-state index contributed by atoms with van der Waals surface area (Å²) >= 11 is 0. The number of nitrogens with zero attached hydrogens (tertiary/aromatic N) is 1. The molecule has 0 aromatic heterocycles. The highest BCUT2D eigenvalue weighted by atomic mass is 32.2. The first-order valence-corrected chi connectivity index (χ1v) is 4.46. The van der Waals surface area contributed by atoms with Gasteiger partial charge in [0.15, 0.2) is 0 Å². The molecule has 9 heavy (non-hydrogen) atoms. The smallest absolute Gasteiger partial charge is 0.0612 e. The Morgan fingerprint density at radius 3 is 2.56 bits per heavy atom. The van der Waals surface area contributed by atoms with Gasteiger partial charge in [-0.3, -0.25) is 9.20 Å². The molecule has 0 aliphatic carbocycles. The third kappa shape index (κ3) is 4.33. The lowest BCUT2D eigenvalue weighted by Crippen LogP contribution is -2.07. The highest BCUT2D eigenvalue weighted by molar-refractivity contribution is 7.85. The van der Waals surface area contributed by atoms with E-state index in [9.17, 15) is 4.21 Å². The van der Waals surface area contributed by atoms with Gasteiger partial charge in [-0.05, 0) is 6.92 Å². The molecule has 0 rings (SSSR count). The third-order valence-corrected chi connectivity index (χ3v) is 2.46. The molecular weight excluding hydrogens is 134 g/mol. The SMILES string of the molecule is CCS(=O)CC(C)=NC. The first-order chi connectivity index (χ1) is 4.20. The molecule has 0 aromatic rings. The first kappa shape index (κ1) is 8.82. The second-order valence-corrected chi connectivity index (χ2v) is 3.58. The Bertz CT molecular complexity index is 131. The summed E-state index contributed by atoms with van der Waals surface area (Å²) in [7, 11) is 1.04. The van der Waals surface area contributed by atoms with E-state index in [1.807, 2.05) is 13.8 Å². The minimum absolute atomic E-state index is 0.632. The molecule has 0 aromatic carbocycles. The van der Waals surface area contributed by atoms with Crippen molar-refractivity contribution in [1.29, 1.82) is 0 Å². The minimum atomic E-state index is -0.688. The van der Waals surface area contributed by atoms with E-state index in [1.54, 1.807) is 7.05 Å². The van der Waals surface area contributed by atoms with Crippen LogP contribution >= 0.6 is 0 Å². The monoisotopic (exact) mass is 147 g/mol. The molecule has 0 saturated carbocycles. The van der Waals surface area contributed by atoms with Gasteiger partial charge in [0, 0.05) is 29.3 Å². The van der Waals surface area contributed by atoms with E-state index in [0.717, 1.165) is 11.5 Å². The lowest BCUT2D eigenvalue weighted by atomic mass is 10.5. The normalized spacial score (nSPS) is 15.7. The predicted molar refractivity (Wildman–Crippen MR) is 42.6 cm³/mol. The second-order valence-electron chi connectivity index (χ2n) is 1.83. The molecule has 0 heterocycles. The maximum Gasteiger partial charge on any atom is 0.0612 e. The third-order valence-electron chi connectivity index (χ3n) is 1.07. The van der Waals surface area contributed by atoms with Crippen molar-refractivity contribution in [1.82, 2.24) is 0 Å². The van der Waals surface area contributed by atoms with Gasteiger partial charge in [0.05, 0.1) is 5.75 Å². The van der Waals surface area contributed by atoms with Gasteiger partial charge in [-0.25, -0.2) is 0 Å². The molecule has 0 aliphatic heterocycles. The van der Waals surface area contributed by atoms with Gasteiger partial charge in [-0.15, -0.1) is 0 Å². The highest BCUT2D eigenvalue weighted by Gasteiger charge is 1.95. The summed E-state index contributed by atoms with van der Waals surface area (Å²) < 4.78 is 10.8. The molecule has 0 amide bonds. The number of hydrogen-bond acceptors (Lipinski definition) is 2. The van der Waals surface area contributed by atoms with Crippen molar-refractivity contribution in [3.8, 4) is 0 Å². The summed E-state index contributed by atoms with van der Waals surface area (Å²) in [6.45, 7) is 3.81. The summed E-state index contributed by atoms with van der Waals surface area (Å²) in [5.41, 5.74) is 0.968. The van der Waals surface area contributed by atoms with Crippen molar-refractivity contribution in [2.24, 2.45) is 4.99 Å². The van der Waals surface area contributed by atoms with Gasteiger partial charge < -0.3 is 0 Å². The quantitative estimate of drug-likeness (QED) is 0.544. The van der Waals surface area contributed by atoms with Crippen LogP contribution < -0.4 is 0 Å². The van der Waals surface area contributed by atoms with Gasteiger partial charge >= 0.3 is 0 Å². The molecule has 1 atom stereocenters. The van der Waals surface area contributed by atoms with Gasteiger partial charge in [0.2, 0.25) is 0 Å². The Labute approximate surface area is 58.8 Å². The fourth-order valence-electron chi connectivity index (χ4n) is 0.400. The molecule has 0 fully saturated rings. The number of aliphatic imine (C=N–C) groups is 1. The lowest BCUT2D eigenvalue weighted by Gasteiger charge is -1.95. The first-order valence-electron chi connectivity index (χ1n) is 2.98. The van der Waals surface area contributed by atoms with Crippen molar-refractivity contribution in [2.45, 2.75) is 13.8 Å². The number of hydrogen-bond donors (Lipinski definition) is 0. The Kier molecular flexibility index (Phi) is 4.58. The molecule has 0 radical (unpaired) electrons. The zero-order chi connectivity index (χ0) is 7.28. The van der Waals surface area contributed by atoms with Crippen LogP contribution in [0, 0.1) is 0 Å². The Morgan fingerprint density at radius 1 is 1.67 bits per heavy atom. The molecule has 3 heteroatoms. The van der Waals surface area contributed by atoms with Crippen LogP contribution in [0.2, 0.25) is 0 Å². The summed E-state index contributed by atoms with van der Waals surface area (Å²) in [4.78, 5) is 3.90. The van der Waals surface area contributed by atoms with Crippen LogP contribution in [0.15, 0.2) is 4.99 Å². The molecular formula is C6H13NOS. The molecule has 54 valence electrons. The average Bonchev–Trinajstić information content (AvgIpc) is 1.87. The molecule has 0 N–H and O–H groups in total. The predicted octanol–water partition coefficient (Wildman–Crippen LogP) is 0.846. The molecule has 0 bridgehead atoms. The van der Waals surface area contributed by atoms with E-state index in [2.05, 4.69) is 4.99 Å². The van der Waals surface area contributed by atoms with E-state index >= 15 is 0 Å². The summed E-state index contributed by atoms with van der Waals surface area (Å²) in [6, 6.07) is 0. The van der Waals surface area contributed by atoms with Crippen molar-refractivity contribution < 1.29 is 4.21 Å². The van der Waals surface area contributed by atoms with Gasteiger partial charge in [0.25, 0.3) is 0 Å². The maximum atomic E-state index is 10.8. The standard InChI is InChI=1S/C6H13NOS/c1-4-9(8)5-6(2)7-3/h4-5H2,1-3H3. The van der Waals surface area contributed by atoms with Crippen LogP contribution in [0.1, 0.15) is 13.8 Å². The molecule has 0 aliphatic rings. The molecule has 0 saturated heterocycles. The van der Waals surface area contributed by atoms with Crippen LogP contribution in [0.25, 0.3) is 0 Å². The summed E-state index contributed by atoms with van der Waals surface area (Å²) in [6.07, 6.45) is 0. The van der Waals surface area contributed by atoms with Crippen LogP contribution in [-0.4, -0.2) is 28.5 Å². The topological polar surface area (TPSA) is 29.4 Å². The molecule has 1 unspecified atom stereocenters. The van der Waals surface area contributed by atoms with Crippen LogP contribution in [0.4, 0.5) is 0 Å². The van der Waals surface area contributed by atoms with Crippen molar-refractivity contribution in [3.63, 3.8) is 0 Å².